The molecule has 130 valence electrons. The van der Waals surface area contributed by atoms with Crippen LogP contribution >= 0.6 is 0 Å². The van der Waals surface area contributed by atoms with E-state index in [9.17, 15) is 9.59 Å². The minimum atomic E-state index is -0.257. The maximum atomic E-state index is 12.8. The van der Waals surface area contributed by atoms with Gasteiger partial charge in [0.1, 0.15) is 5.56 Å². The third-order valence-electron chi connectivity index (χ3n) is 4.38. The molecule has 6 nitrogen and oxygen atoms in total. The number of pyridine rings is 1. The van der Waals surface area contributed by atoms with E-state index < -0.39 is 0 Å². The Morgan fingerprint density at radius 2 is 2.12 bits per heavy atom. The van der Waals surface area contributed by atoms with Crippen molar-refractivity contribution < 1.29 is 4.79 Å². The number of imidazole rings is 1. The van der Waals surface area contributed by atoms with Crippen LogP contribution in [0.15, 0.2) is 41.8 Å². The van der Waals surface area contributed by atoms with E-state index in [0.717, 1.165) is 29.6 Å². The Kier molecular flexibility index (Phi) is 4.70. The molecule has 0 aliphatic heterocycles. The molecule has 1 aromatic carbocycles. The summed E-state index contributed by atoms with van der Waals surface area (Å²) in [5.41, 5.74) is 2.76. The highest BCUT2D eigenvalue weighted by Gasteiger charge is 2.17. The van der Waals surface area contributed by atoms with E-state index in [1.807, 2.05) is 36.7 Å². The van der Waals surface area contributed by atoms with Crippen LogP contribution in [0.5, 0.6) is 0 Å². The van der Waals surface area contributed by atoms with Crippen LogP contribution in [0.3, 0.4) is 0 Å². The van der Waals surface area contributed by atoms with Crippen LogP contribution < -0.4 is 5.43 Å². The topological polar surface area (TPSA) is 71.0 Å². The SMILES string of the molecule is Cc1cc(C)c2[nH]cc(C(=O)N(C)CCCn3ccnc3)c(=O)c2c1. The molecule has 1 N–H and O–H groups in total. The van der Waals surface area contributed by atoms with Crippen molar-refractivity contribution in [3.05, 3.63) is 64.0 Å². The monoisotopic (exact) mass is 338 g/mol. The summed E-state index contributed by atoms with van der Waals surface area (Å²) < 4.78 is 1.96. The molecule has 0 aliphatic carbocycles. The summed E-state index contributed by atoms with van der Waals surface area (Å²) >= 11 is 0. The second kappa shape index (κ2) is 6.93. The molecule has 6 heteroatoms. The van der Waals surface area contributed by atoms with Crippen molar-refractivity contribution in [2.75, 3.05) is 13.6 Å². The summed E-state index contributed by atoms with van der Waals surface area (Å²) in [4.78, 5) is 34.1. The maximum absolute atomic E-state index is 12.8. The van der Waals surface area contributed by atoms with Crippen LogP contribution in [0.4, 0.5) is 0 Å². The first-order chi connectivity index (χ1) is 12.0. The van der Waals surface area contributed by atoms with Crippen LogP contribution in [-0.2, 0) is 6.54 Å². The summed E-state index contributed by atoms with van der Waals surface area (Å²) in [7, 11) is 1.72. The Balaban J connectivity index is 1.79. The largest absolute Gasteiger partial charge is 0.360 e. The fourth-order valence-electron chi connectivity index (χ4n) is 3.07. The van der Waals surface area contributed by atoms with Crippen molar-refractivity contribution in [3.8, 4) is 0 Å². The summed E-state index contributed by atoms with van der Waals surface area (Å²) in [6.45, 7) is 5.25. The average molecular weight is 338 g/mol. The Hall–Kier alpha value is -2.89. The van der Waals surface area contributed by atoms with E-state index >= 15 is 0 Å². The highest BCUT2D eigenvalue weighted by Crippen LogP contribution is 2.16. The van der Waals surface area contributed by atoms with Crippen LogP contribution in [0.1, 0.15) is 27.9 Å². The molecule has 0 unspecified atom stereocenters. The van der Waals surface area contributed by atoms with Crippen molar-refractivity contribution in [2.45, 2.75) is 26.8 Å². The van der Waals surface area contributed by atoms with E-state index in [4.69, 9.17) is 0 Å². The molecular formula is C19H22N4O2. The summed E-state index contributed by atoms with van der Waals surface area (Å²) in [6, 6.07) is 3.85. The second-order valence-electron chi connectivity index (χ2n) is 6.42. The fraction of sp³-hybridized carbons (Fsp3) is 0.316. The van der Waals surface area contributed by atoms with Gasteiger partial charge in [-0.2, -0.15) is 0 Å². The molecule has 0 atom stereocenters. The van der Waals surface area contributed by atoms with Gasteiger partial charge in [-0.1, -0.05) is 6.07 Å². The van der Waals surface area contributed by atoms with Gasteiger partial charge in [-0.25, -0.2) is 4.98 Å². The van der Waals surface area contributed by atoms with Gasteiger partial charge < -0.3 is 14.5 Å². The number of H-pyrrole nitrogens is 1. The van der Waals surface area contributed by atoms with Crippen LogP contribution in [-0.4, -0.2) is 38.9 Å². The van der Waals surface area contributed by atoms with E-state index in [0.29, 0.717) is 11.9 Å². The zero-order valence-corrected chi connectivity index (χ0v) is 14.7. The first kappa shape index (κ1) is 17.0. The quantitative estimate of drug-likeness (QED) is 0.777. The number of carbonyl (C=O) groups is 1. The predicted octanol–water partition coefficient (Wildman–Crippen LogP) is 2.50. The molecule has 3 aromatic rings. The first-order valence-electron chi connectivity index (χ1n) is 8.31. The number of aromatic nitrogens is 3. The van der Waals surface area contributed by atoms with Gasteiger partial charge in [0.15, 0.2) is 0 Å². The van der Waals surface area contributed by atoms with Gasteiger partial charge in [-0.3, -0.25) is 9.59 Å². The molecule has 0 spiro atoms. The molecule has 3 rings (SSSR count). The van der Waals surface area contributed by atoms with E-state index in [1.54, 1.807) is 24.5 Å². The van der Waals surface area contributed by atoms with E-state index in [2.05, 4.69) is 9.97 Å². The Morgan fingerprint density at radius 1 is 1.32 bits per heavy atom. The summed E-state index contributed by atoms with van der Waals surface area (Å²) in [5.74, 6) is -0.257. The van der Waals surface area contributed by atoms with Gasteiger partial charge in [0.25, 0.3) is 5.91 Å². The zero-order chi connectivity index (χ0) is 18.0. The number of nitrogens with zero attached hydrogens (tertiary/aromatic N) is 3. The lowest BCUT2D eigenvalue weighted by Gasteiger charge is -2.17. The van der Waals surface area contributed by atoms with E-state index in [-0.39, 0.29) is 16.9 Å². The normalized spacial score (nSPS) is 11.0. The number of nitrogens with one attached hydrogen (secondary N) is 1. The summed E-state index contributed by atoms with van der Waals surface area (Å²) in [6.07, 6.45) is 7.69. The number of hydrogen-bond acceptors (Lipinski definition) is 3. The number of hydrogen-bond donors (Lipinski definition) is 1. The molecule has 0 bridgehead atoms. The molecule has 0 saturated heterocycles. The molecule has 2 heterocycles. The van der Waals surface area contributed by atoms with Crippen LogP contribution in [0, 0.1) is 13.8 Å². The second-order valence-corrected chi connectivity index (χ2v) is 6.42. The Morgan fingerprint density at radius 3 is 2.84 bits per heavy atom. The molecule has 25 heavy (non-hydrogen) atoms. The lowest BCUT2D eigenvalue weighted by molar-refractivity contribution is 0.0790. The van der Waals surface area contributed by atoms with Gasteiger partial charge in [-0.15, -0.1) is 0 Å². The Bertz CT molecular complexity index is 957. The first-order valence-corrected chi connectivity index (χ1v) is 8.31. The number of aryl methyl sites for hydroxylation is 3. The van der Waals surface area contributed by atoms with Crippen molar-refractivity contribution >= 4 is 16.8 Å². The van der Waals surface area contributed by atoms with Gasteiger partial charge >= 0.3 is 0 Å². The predicted molar refractivity (Wildman–Crippen MR) is 97.8 cm³/mol. The maximum Gasteiger partial charge on any atom is 0.259 e. The van der Waals surface area contributed by atoms with Crippen LogP contribution in [0.2, 0.25) is 0 Å². The fourth-order valence-corrected chi connectivity index (χ4v) is 3.07. The molecule has 0 saturated carbocycles. The molecular weight excluding hydrogens is 316 g/mol. The lowest BCUT2D eigenvalue weighted by atomic mass is 10.0. The Labute approximate surface area is 146 Å². The number of aromatic amines is 1. The third-order valence-corrected chi connectivity index (χ3v) is 4.38. The highest BCUT2D eigenvalue weighted by atomic mass is 16.2. The molecule has 2 aromatic heterocycles. The average Bonchev–Trinajstić information content (AvgIpc) is 3.08. The number of amides is 1. The van der Waals surface area contributed by atoms with Gasteiger partial charge in [-0.05, 0) is 37.5 Å². The standard InChI is InChI=1S/C19H22N4O2/c1-13-9-14(2)17-15(10-13)18(24)16(11-21-17)19(25)22(3)6-4-7-23-8-5-20-12-23/h5,8-12H,4,6-7H2,1-3H3,(H,21,24). The smallest absolute Gasteiger partial charge is 0.259 e. The molecule has 1 amide bonds. The van der Waals surface area contributed by atoms with Crippen molar-refractivity contribution in [1.29, 1.82) is 0 Å². The van der Waals surface area contributed by atoms with Gasteiger partial charge in [0.2, 0.25) is 5.43 Å². The van der Waals surface area contributed by atoms with Gasteiger partial charge in [0, 0.05) is 44.1 Å². The molecule has 0 aliphatic rings. The number of carbonyl (C=O) groups excluding carboxylic acids is 1. The minimum Gasteiger partial charge on any atom is -0.360 e. The minimum absolute atomic E-state index is 0.183. The van der Waals surface area contributed by atoms with Gasteiger partial charge in [0.05, 0.1) is 11.8 Å². The summed E-state index contributed by atoms with van der Waals surface area (Å²) in [5, 5.41) is 0.565. The third kappa shape index (κ3) is 3.47. The highest BCUT2D eigenvalue weighted by molar-refractivity contribution is 5.97. The zero-order valence-electron chi connectivity index (χ0n) is 14.7. The van der Waals surface area contributed by atoms with Crippen molar-refractivity contribution in [1.82, 2.24) is 19.4 Å². The molecule has 0 fully saturated rings. The van der Waals surface area contributed by atoms with Crippen molar-refractivity contribution in [2.24, 2.45) is 0 Å². The van der Waals surface area contributed by atoms with E-state index in [1.165, 1.54) is 6.20 Å². The molecule has 0 radical (unpaired) electrons. The lowest BCUT2D eigenvalue weighted by Crippen LogP contribution is -2.32. The van der Waals surface area contributed by atoms with Crippen LogP contribution in [0.25, 0.3) is 10.9 Å². The number of rotatable bonds is 5. The van der Waals surface area contributed by atoms with Crippen molar-refractivity contribution in [3.63, 3.8) is 0 Å². The number of benzene rings is 1. The number of fused-ring (bicyclic) bond motifs is 1.